The van der Waals surface area contributed by atoms with Gasteiger partial charge in [-0.1, -0.05) is 48.5 Å². The van der Waals surface area contributed by atoms with Crippen LogP contribution in [0.1, 0.15) is 17.2 Å². The first-order chi connectivity index (χ1) is 9.29. The zero-order chi connectivity index (χ0) is 13.2. The van der Waals surface area contributed by atoms with E-state index in [1.54, 1.807) is 0 Å². The number of hydrogen-bond donors (Lipinski definition) is 0. The number of nitriles is 1. The van der Waals surface area contributed by atoms with E-state index in [4.69, 9.17) is 5.26 Å². The van der Waals surface area contributed by atoms with E-state index >= 15 is 0 Å². The third-order valence-corrected chi connectivity index (χ3v) is 3.73. The Kier molecular flexibility index (Phi) is 3.06. The number of benzene rings is 2. The highest BCUT2D eigenvalue weighted by atomic mass is 15.3. The summed E-state index contributed by atoms with van der Waals surface area (Å²) in [5.41, 5.74) is 5.02. The van der Waals surface area contributed by atoms with Crippen molar-refractivity contribution in [2.75, 3.05) is 13.6 Å². The van der Waals surface area contributed by atoms with E-state index < -0.39 is 0 Å². The first-order valence-electron chi connectivity index (χ1n) is 6.55. The van der Waals surface area contributed by atoms with Crippen molar-refractivity contribution in [3.63, 3.8) is 0 Å². The molecule has 3 rings (SSSR count). The van der Waals surface area contributed by atoms with Crippen LogP contribution in [0.15, 0.2) is 48.5 Å². The average molecular weight is 248 g/mol. The Bertz CT molecular complexity index is 622. The van der Waals surface area contributed by atoms with Crippen molar-refractivity contribution in [1.82, 2.24) is 4.90 Å². The van der Waals surface area contributed by atoms with Gasteiger partial charge in [-0.25, -0.2) is 0 Å². The van der Waals surface area contributed by atoms with Crippen LogP contribution in [0.4, 0.5) is 0 Å². The summed E-state index contributed by atoms with van der Waals surface area (Å²) in [6.45, 7) is 1.14. The van der Waals surface area contributed by atoms with Crippen LogP contribution in [0.2, 0.25) is 0 Å². The smallest absolute Gasteiger partial charge is 0.0669 e. The minimum Gasteiger partial charge on any atom is -0.296 e. The predicted molar refractivity (Wildman–Crippen MR) is 76.6 cm³/mol. The Morgan fingerprint density at radius 3 is 2.47 bits per heavy atom. The van der Waals surface area contributed by atoms with Gasteiger partial charge in [-0.3, -0.25) is 4.90 Å². The monoisotopic (exact) mass is 248 g/mol. The Morgan fingerprint density at radius 1 is 1.16 bits per heavy atom. The SMILES string of the molecule is CN1CC1c1ccccc1-c1ccc(CC#N)cc1. The topological polar surface area (TPSA) is 26.8 Å². The molecule has 2 atom stereocenters. The molecule has 2 aromatic carbocycles. The molecule has 1 aliphatic heterocycles. The molecule has 0 N–H and O–H groups in total. The van der Waals surface area contributed by atoms with Gasteiger partial charge in [0, 0.05) is 12.6 Å². The predicted octanol–water partition coefficient (Wildman–Crippen LogP) is 3.41. The summed E-state index contributed by atoms with van der Waals surface area (Å²) in [5, 5.41) is 8.70. The third kappa shape index (κ3) is 2.38. The second-order valence-electron chi connectivity index (χ2n) is 5.07. The summed E-state index contributed by atoms with van der Waals surface area (Å²) in [4.78, 5) is 2.34. The van der Waals surface area contributed by atoms with Gasteiger partial charge in [0.15, 0.2) is 0 Å². The molecule has 0 spiro atoms. The zero-order valence-electron chi connectivity index (χ0n) is 11.0. The molecule has 0 aromatic heterocycles. The zero-order valence-corrected chi connectivity index (χ0v) is 11.0. The molecular weight excluding hydrogens is 232 g/mol. The molecule has 0 amide bonds. The van der Waals surface area contributed by atoms with Gasteiger partial charge in [0.25, 0.3) is 0 Å². The summed E-state index contributed by atoms with van der Waals surface area (Å²) in [7, 11) is 2.15. The van der Waals surface area contributed by atoms with Crippen LogP contribution in [0.25, 0.3) is 11.1 Å². The highest BCUT2D eigenvalue weighted by molar-refractivity contribution is 5.68. The molecule has 1 saturated heterocycles. The van der Waals surface area contributed by atoms with Crippen LogP contribution >= 0.6 is 0 Å². The molecular formula is C17H16N2. The van der Waals surface area contributed by atoms with Gasteiger partial charge >= 0.3 is 0 Å². The maximum Gasteiger partial charge on any atom is 0.0669 e. The van der Waals surface area contributed by atoms with Crippen molar-refractivity contribution in [1.29, 1.82) is 5.26 Å². The molecule has 2 aromatic rings. The Morgan fingerprint density at radius 2 is 1.84 bits per heavy atom. The van der Waals surface area contributed by atoms with Gasteiger partial charge in [-0.15, -0.1) is 0 Å². The van der Waals surface area contributed by atoms with Crippen molar-refractivity contribution in [2.24, 2.45) is 0 Å². The summed E-state index contributed by atoms with van der Waals surface area (Å²) in [6.07, 6.45) is 0.479. The average Bonchev–Trinajstić information content (AvgIpc) is 3.17. The largest absolute Gasteiger partial charge is 0.296 e. The standard InChI is InChI=1S/C17H16N2/c1-19-12-17(19)16-5-3-2-4-15(16)14-8-6-13(7-9-14)10-11-18/h2-9,17H,10,12H2,1H3. The fourth-order valence-corrected chi connectivity index (χ4v) is 2.51. The summed E-state index contributed by atoms with van der Waals surface area (Å²) in [6, 6.07) is 19.7. The van der Waals surface area contributed by atoms with Crippen molar-refractivity contribution < 1.29 is 0 Å². The maximum atomic E-state index is 8.70. The van der Waals surface area contributed by atoms with Crippen LogP contribution in [0.5, 0.6) is 0 Å². The molecule has 2 nitrogen and oxygen atoms in total. The molecule has 2 heteroatoms. The highest BCUT2D eigenvalue weighted by Gasteiger charge is 2.32. The van der Waals surface area contributed by atoms with Crippen molar-refractivity contribution in [3.05, 3.63) is 59.7 Å². The van der Waals surface area contributed by atoms with Crippen molar-refractivity contribution in [3.8, 4) is 17.2 Å². The minimum atomic E-state index is 0.479. The Balaban J connectivity index is 1.96. The van der Waals surface area contributed by atoms with Crippen LogP contribution in [-0.2, 0) is 6.42 Å². The van der Waals surface area contributed by atoms with E-state index in [1.165, 1.54) is 16.7 Å². The second kappa shape index (κ2) is 4.87. The normalized spacial score (nSPS) is 20.8. The van der Waals surface area contributed by atoms with Crippen LogP contribution in [0.3, 0.4) is 0 Å². The van der Waals surface area contributed by atoms with E-state index in [-0.39, 0.29) is 0 Å². The van der Waals surface area contributed by atoms with Crippen molar-refractivity contribution >= 4 is 0 Å². The van der Waals surface area contributed by atoms with E-state index in [1.807, 2.05) is 12.1 Å². The van der Waals surface area contributed by atoms with Gasteiger partial charge in [0.1, 0.15) is 0 Å². The quantitative estimate of drug-likeness (QED) is 0.778. The van der Waals surface area contributed by atoms with Gasteiger partial charge in [-0.05, 0) is 29.3 Å². The van der Waals surface area contributed by atoms with Crippen LogP contribution in [0, 0.1) is 11.3 Å². The fraction of sp³-hybridized carbons (Fsp3) is 0.235. The van der Waals surface area contributed by atoms with Crippen LogP contribution in [-0.4, -0.2) is 18.5 Å². The van der Waals surface area contributed by atoms with Gasteiger partial charge in [-0.2, -0.15) is 5.26 Å². The first kappa shape index (κ1) is 12.0. The lowest BCUT2D eigenvalue weighted by molar-refractivity contribution is 0.632. The van der Waals surface area contributed by atoms with Gasteiger partial charge in [0.05, 0.1) is 12.5 Å². The molecule has 1 aliphatic rings. The second-order valence-corrected chi connectivity index (χ2v) is 5.07. The van der Waals surface area contributed by atoms with Crippen molar-refractivity contribution in [2.45, 2.75) is 12.5 Å². The Hall–Kier alpha value is -2.11. The molecule has 19 heavy (non-hydrogen) atoms. The van der Waals surface area contributed by atoms with E-state index in [9.17, 15) is 0 Å². The van der Waals surface area contributed by atoms with E-state index in [2.05, 4.69) is 54.4 Å². The molecule has 1 fully saturated rings. The summed E-state index contributed by atoms with van der Waals surface area (Å²) >= 11 is 0. The van der Waals surface area contributed by atoms with Crippen LogP contribution < -0.4 is 0 Å². The lowest BCUT2D eigenvalue weighted by atomic mass is 9.96. The molecule has 1 heterocycles. The maximum absolute atomic E-state index is 8.70. The van der Waals surface area contributed by atoms with E-state index in [0.717, 1.165) is 12.1 Å². The molecule has 94 valence electrons. The number of rotatable bonds is 3. The molecule has 2 unspecified atom stereocenters. The van der Waals surface area contributed by atoms with Gasteiger partial charge < -0.3 is 0 Å². The Labute approximate surface area is 113 Å². The minimum absolute atomic E-state index is 0.479. The third-order valence-electron chi connectivity index (χ3n) is 3.73. The molecule has 0 saturated carbocycles. The fourth-order valence-electron chi connectivity index (χ4n) is 2.51. The number of nitrogens with zero attached hydrogens (tertiary/aromatic N) is 2. The lowest BCUT2D eigenvalue weighted by Gasteiger charge is -2.09. The van der Waals surface area contributed by atoms with Gasteiger partial charge in [0.2, 0.25) is 0 Å². The molecule has 0 aliphatic carbocycles. The highest BCUT2D eigenvalue weighted by Crippen LogP contribution is 2.38. The first-order valence-corrected chi connectivity index (χ1v) is 6.55. The lowest BCUT2D eigenvalue weighted by Crippen LogP contribution is -1.92. The number of hydrogen-bond acceptors (Lipinski definition) is 2. The molecule has 0 bridgehead atoms. The summed E-state index contributed by atoms with van der Waals surface area (Å²) in [5.74, 6) is 0. The number of likely N-dealkylation sites (N-methyl/N-ethyl adjacent to an activating group) is 1. The van der Waals surface area contributed by atoms with E-state index in [0.29, 0.717) is 12.5 Å². The summed E-state index contributed by atoms with van der Waals surface area (Å²) < 4.78 is 0. The molecule has 0 radical (unpaired) electrons.